The van der Waals surface area contributed by atoms with Crippen LogP contribution >= 0.6 is 0 Å². The summed E-state index contributed by atoms with van der Waals surface area (Å²) in [6.45, 7) is -0.444. The number of carbonyl (C=O) groups excluding carboxylic acids is 1. The van der Waals surface area contributed by atoms with E-state index in [4.69, 9.17) is 14.6 Å². The molecule has 6 heteroatoms. The molecule has 6 nitrogen and oxygen atoms in total. The maximum absolute atomic E-state index is 12.5. The Kier molecular flexibility index (Phi) is 4.88. The van der Waals surface area contributed by atoms with Gasteiger partial charge in [-0.1, -0.05) is 18.2 Å². The summed E-state index contributed by atoms with van der Waals surface area (Å²) < 4.78 is 10.5. The summed E-state index contributed by atoms with van der Waals surface area (Å²) in [5.41, 5.74) is 2.64. The molecule has 1 aliphatic carbocycles. The molecule has 25 heavy (non-hydrogen) atoms. The number of methoxy groups -OCH3 is 1. The first-order valence-corrected chi connectivity index (χ1v) is 8.00. The molecule has 0 saturated heterocycles. The minimum atomic E-state index is -1.06. The van der Waals surface area contributed by atoms with Crippen LogP contribution in [0, 0.1) is 0 Å². The SMILES string of the molecule is COc1cccc2c1CCC2NC(=O)c1cccc(OCC(=O)O)c1. The monoisotopic (exact) mass is 341 g/mol. The average molecular weight is 341 g/mol. The molecular weight excluding hydrogens is 322 g/mol. The van der Waals surface area contributed by atoms with Crippen LogP contribution in [0.2, 0.25) is 0 Å². The minimum absolute atomic E-state index is 0.0683. The van der Waals surface area contributed by atoms with Crippen molar-refractivity contribution in [1.29, 1.82) is 0 Å². The van der Waals surface area contributed by atoms with Crippen LogP contribution in [0.25, 0.3) is 0 Å². The number of hydrogen-bond acceptors (Lipinski definition) is 4. The van der Waals surface area contributed by atoms with Crippen LogP contribution in [-0.4, -0.2) is 30.7 Å². The Morgan fingerprint density at radius 1 is 1.24 bits per heavy atom. The van der Waals surface area contributed by atoms with E-state index in [9.17, 15) is 9.59 Å². The Balaban J connectivity index is 1.72. The van der Waals surface area contributed by atoms with Crippen molar-refractivity contribution in [2.45, 2.75) is 18.9 Å². The first-order chi connectivity index (χ1) is 12.1. The lowest BCUT2D eigenvalue weighted by Crippen LogP contribution is -2.27. The number of aliphatic carboxylic acids is 1. The summed E-state index contributed by atoms with van der Waals surface area (Å²) in [5, 5.41) is 11.7. The van der Waals surface area contributed by atoms with Crippen molar-refractivity contribution in [2.75, 3.05) is 13.7 Å². The molecule has 130 valence electrons. The zero-order valence-corrected chi connectivity index (χ0v) is 13.8. The molecule has 3 rings (SSSR count). The Morgan fingerprint density at radius 2 is 2.04 bits per heavy atom. The van der Waals surface area contributed by atoms with Gasteiger partial charge in [-0.15, -0.1) is 0 Å². The molecule has 2 aromatic rings. The molecule has 0 radical (unpaired) electrons. The Morgan fingerprint density at radius 3 is 2.80 bits per heavy atom. The number of carboxylic acid groups (broad SMARTS) is 1. The van der Waals surface area contributed by atoms with E-state index in [0.717, 1.165) is 29.7 Å². The van der Waals surface area contributed by atoms with Gasteiger partial charge in [-0.3, -0.25) is 4.79 Å². The average Bonchev–Trinajstić information content (AvgIpc) is 3.03. The van der Waals surface area contributed by atoms with Gasteiger partial charge in [-0.25, -0.2) is 4.79 Å². The molecular formula is C19H19NO5. The summed E-state index contributed by atoms with van der Waals surface area (Å²) in [6, 6.07) is 12.3. The molecule has 0 heterocycles. The number of benzene rings is 2. The van der Waals surface area contributed by atoms with E-state index in [1.807, 2.05) is 18.2 Å². The standard InChI is InChI=1S/C19H19NO5/c1-24-17-7-3-6-14-15(17)8-9-16(14)20-19(23)12-4-2-5-13(10-12)25-11-18(21)22/h2-7,10,16H,8-9,11H2,1H3,(H,20,23)(H,21,22). The number of carboxylic acids is 1. The molecule has 2 N–H and O–H groups in total. The van der Waals surface area contributed by atoms with Crippen molar-refractivity contribution < 1.29 is 24.2 Å². The van der Waals surface area contributed by atoms with E-state index < -0.39 is 12.6 Å². The summed E-state index contributed by atoms with van der Waals surface area (Å²) in [5.74, 6) is -0.0883. The van der Waals surface area contributed by atoms with Crippen LogP contribution in [0.5, 0.6) is 11.5 Å². The molecule has 0 aromatic heterocycles. The lowest BCUT2D eigenvalue weighted by Gasteiger charge is -2.15. The highest BCUT2D eigenvalue weighted by molar-refractivity contribution is 5.95. The maximum atomic E-state index is 12.5. The van der Waals surface area contributed by atoms with Gasteiger partial charge in [0.25, 0.3) is 5.91 Å². The van der Waals surface area contributed by atoms with Crippen molar-refractivity contribution in [2.24, 2.45) is 0 Å². The zero-order valence-electron chi connectivity index (χ0n) is 13.8. The van der Waals surface area contributed by atoms with Crippen LogP contribution < -0.4 is 14.8 Å². The van der Waals surface area contributed by atoms with Crippen molar-refractivity contribution in [1.82, 2.24) is 5.32 Å². The maximum Gasteiger partial charge on any atom is 0.341 e. The van der Waals surface area contributed by atoms with Crippen molar-refractivity contribution >= 4 is 11.9 Å². The van der Waals surface area contributed by atoms with Gasteiger partial charge in [0.1, 0.15) is 11.5 Å². The lowest BCUT2D eigenvalue weighted by molar-refractivity contribution is -0.139. The molecule has 0 aliphatic heterocycles. The number of nitrogens with one attached hydrogen (secondary N) is 1. The van der Waals surface area contributed by atoms with Crippen LogP contribution in [0.3, 0.4) is 0 Å². The van der Waals surface area contributed by atoms with E-state index in [1.54, 1.807) is 31.4 Å². The zero-order chi connectivity index (χ0) is 17.8. The van der Waals surface area contributed by atoms with E-state index >= 15 is 0 Å². The largest absolute Gasteiger partial charge is 0.496 e. The molecule has 1 unspecified atom stereocenters. The van der Waals surface area contributed by atoms with E-state index in [1.165, 1.54) is 0 Å². The number of hydrogen-bond donors (Lipinski definition) is 2. The molecule has 1 amide bonds. The third-order valence-electron chi connectivity index (χ3n) is 4.21. The van der Waals surface area contributed by atoms with Crippen LogP contribution in [-0.2, 0) is 11.2 Å². The second kappa shape index (κ2) is 7.25. The van der Waals surface area contributed by atoms with Gasteiger partial charge in [0, 0.05) is 5.56 Å². The molecule has 1 aliphatic rings. The van der Waals surface area contributed by atoms with Crippen LogP contribution in [0.1, 0.15) is 33.9 Å². The number of carbonyl (C=O) groups is 2. The minimum Gasteiger partial charge on any atom is -0.496 e. The van der Waals surface area contributed by atoms with Crippen molar-refractivity contribution in [3.63, 3.8) is 0 Å². The number of amides is 1. The quantitative estimate of drug-likeness (QED) is 0.843. The van der Waals surface area contributed by atoms with Crippen LogP contribution in [0.4, 0.5) is 0 Å². The van der Waals surface area contributed by atoms with Gasteiger partial charge in [0.2, 0.25) is 0 Å². The fourth-order valence-electron chi connectivity index (χ4n) is 3.08. The van der Waals surface area contributed by atoms with Gasteiger partial charge in [0.05, 0.1) is 13.2 Å². The lowest BCUT2D eigenvalue weighted by atomic mass is 10.1. The molecule has 2 aromatic carbocycles. The molecule has 0 fully saturated rings. The fraction of sp³-hybridized carbons (Fsp3) is 0.263. The summed E-state index contributed by atoms with van der Waals surface area (Å²) in [7, 11) is 1.64. The highest BCUT2D eigenvalue weighted by Crippen LogP contribution is 2.36. The molecule has 0 saturated carbocycles. The topological polar surface area (TPSA) is 84.9 Å². The van der Waals surface area contributed by atoms with Gasteiger partial charge >= 0.3 is 5.97 Å². The second-order valence-corrected chi connectivity index (χ2v) is 5.80. The highest BCUT2D eigenvalue weighted by atomic mass is 16.5. The van der Waals surface area contributed by atoms with Crippen molar-refractivity contribution in [3.05, 3.63) is 59.2 Å². The highest BCUT2D eigenvalue weighted by Gasteiger charge is 2.26. The third kappa shape index (κ3) is 3.74. The Bertz CT molecular complexity index is 802. The fourth-order valence-corrected chi connectivity index (χ4v) is 3.08. The Hall–Kier alpha value is -3.02. The molecule has 0 spiro atoms. The van der Waals surface area contributed by atoms with Gasteiger partial charge in [0.15, 0.2) is 6.61 Å². The van der Waals surface area contributed by atoms with Crippen molar-refractivity contribution in [3.8, 4) is 11.5 Å². The number of ether oxygens (including phenoxy) is 2. The van der Waals surface area contributed by atoms with Crippen LogP contribution in [0.15, 0.2) is 42.5 Å². The van der Waals surface area contributed by atoms with E-state index in [2.05, 4.69) is 5.32 Å². The summed E-state index contributed by atoms with van der Waals surface area (Å²) >= 11 is 0. The number of rotatable bonds is 6. The van der Waals surface area contributed by atoms with E-state index in [0.29, 0.717) is 11.3 Å². The van der Waals surface area contributed by atoms with Gasteiger partial charge < -0.3 is 19.9 Å². The van der Waals surface area contributed by atoms with Gasteiger partial charge in [-0.2, -0.15) is 0 Å². The molecule has 0 bridgehead atoms. The first-order valence-electron chi connectivity index (χ1n) is 8.00. The second-order valence-electron chi connectivity index (χ2n) is 5.80. The summed E-state index contributed by atoms with van der Waals surface area (Å²) in [4.78, 5) is 23.1. The molecule has 1 atom stereocenters. The predicted octanol–water partition coefficient (Wildman–Crippen LogP) is 2.58. The smallest absolute Gasteiger partial charge is 0.341 e. The third-order valence-corrected chi connectivity index (χ3v) is 4.21. The van der Waals surface area contributed by atoms with E-state index in [-0.39, 0.29) is 11.9 Å². The number of fused-ring (bicyclic) bond motifs is 1. The Labute approximate surface area is 145 Å². The normalized spacial score (nSPS) is 15.3. The summed E-state index contributed by atoms with van der Waals surface area (Å²) in [6.07, 6.45) is 1.67. The van der Waals surface area contributed by atoms with Gasteiger partial charge in [-0.05, 0) is 48.2 Å². The predicted molar refractivity (Wildman–Crippen MR) is 91.1 cm³/mol. The first kappa shape index (κ1) is 16.8.